The van der Waals surface area contributed by atoms with Gasteiger partial charge in [-0.15, -0.1) is 0 Å². The van der Waals surface area contributed by atoms with Crippen molar-refractivity contribution in [3.05, 3.63) is 96.1 Å². The van der Waals surface area contributed by atoms with E-state index in [2.05, 4.69) is 16.0 Å². The molecule has 3 aromatic carbocycles. The quantitative estimate of drug-likeness (QED) is 0.468. The molecule has 35 heavy (non-hydrogen) atoms. The van der Waals surface area contributed by atoms with E-state index < -0.39 is 12.1 Å². The highest BCUT2D eigenvalue weighted by molar-refractivity contribution is 5.97. The number of hydrogen-bond donors (Lipinski definition) is 3. The van der Waals surface area contributed by atoms with Crippen molar-refractivity contribution in [3.63, 3.8) is 0 Å². The summed E-state index contributed by atoms with van der Waals surface area (Å²) in [6.07, 6.45) is -0.350. The van der Waals surface area contributed by atoms with Gasteiger partial charge in [0.2, 0.25) is 11.8 Å². The van der Waals surface area contributed by atoms with Crippen LogP contribution in [0.2, 0.25) is 0 Å². The van der Waals surface area contributed by atoms with Crippen LogP contribution in [0.3, 0.4) is 0 Å². The molecular formula is C27H28N4O4. The molecule has 1 fully saturated rings. The second kappa shape index (κ2) is 11.7. The minimum absolute atomic E-state index is 0.0115. The highest BCUT2D eigenvalue weighted by atomic mass is 16.5. The predicted octanol–water partition coefficient (Wildman–Crippen LogP) is 3.10. The van der Waals surface area contributed by atoms with Crippen molar-refractivity contribution in [1.29, 1.82) is 0 Å². The number of nitrogens with zero attached hydrogens (tertiary/aromatic N) is 1. The van der Waals surface area contributed by atoms with Crippen molar-refractivity contribution in [2.24, 2.45) is 0 Å². The molecule has 0 bridgehead atoms. The van der Waals surface area contributed by atoms with Gasteiger partial charge < -0.3 is 25.6 Å². The first-order chi connectivity index (χ1) is 17.1. The summed E-state index contributed by atoms with van der Waals surface area (Å²) in [6.45, 7) is 1.75. The highest BCUT2D eigenvalue weighted by Gasteiger charge is 2.23. The maximum Gasteiger partial charge on any atom is 0.408 e. The Morgan fingerprint density at radius 3 is 2.23 bits per heavy atom. The Balaban J connectivity index is 1.39. The number of benzene rings is 3. The molecule has 0 aromatic heterocycles. The molecule has 8 heteroatoms. The number of amides is 3. The third-order valence-electron chi connectivity index (χ3n) is 5.64. The Morgan fingerprint density at radius 2 is 1.57 bits per heavy atom. The molecule has 1 atom stereocenters. The van der Waals surface area contributed by atoms with Gasteiger partial charge in [-0.1, -0.05) is 60.7 Å². The van der Waals surface area contributed by atoms with Gasteiger partial charge in [0, 0.05) is 30.9 Å². The molecule has 0 saturated carbocycles. The van der Waals surface area contributed by atoms with Crippen LogP contribution in [0.25, 0.3) is 0 Å². The number of hydrogen-bond acceptors (Lipinski definition) is 5. The zero-order valence-corrected chi connectivity index (χ0v) is 19.3. The van der Waals surface area contributed by atoms with Crippen molar-refractivity contribution in [2.45, 2.75) is 19.1 Å². The maximum atomic E-state index is 13.1. The molecule has 1 saturated heterocycles. The number of carbonyl (C=O) groups is 3. The van der Waals surface area contributed by atoms with Gasteiger partial charge in [0.1, 0.15) is 12.6 Å². The van der Waals surface area contributed by atoms with Crippen LogP contribution in [0, 0.1) is 0 Å². The molecule has 3 aromatic rings. The van der Waals surface area contributed by atoms with E-state index in [0.29, 0.717) is 25.2 Å². The average molecular weight is 473 g/mol. The zero-order chi connectivity index (χ0) is 24.5. The number of rotatable bonds is 8. The lowest BCUT2D eigenvalue weighted by Crippen LogP contribution is -2.47. The zero-order valence-electron chi connectivity index (χ0n) is 19.3. The summed E-state index contributed by atoms with van der Waals surface area (Å²) < 4.78 is 5.32. The standard InChI is InChI=1S/C27H28N4O4/c32-25-18-31(16-15-28-25)23-13-11-22(12-14-23)29-26(33)24(17-20-7-3-1-4-8-20)30-27(34)35-19-21-9-5-2-6-10-21/h1-14,24H,15-19H2,(H,28,32)(H,29,33)(H,30,34). The molecule has 180 valence electrons. The number of ether oxygens (including phenoxy) is 1. The summed E-state index contributed by atoms with van der Waals surface area (Å²) >= 11 is 0. The van der Waals surface area contributed by atoms with Crippen molar-refractivity contribution in [3.8, 4) is 0 Å². The Hall–Kier alpha value is -4.33. The van der Waals surface area contributed by atoms with E-state index >= 15 is 0 Å². The number of nitrogens with one attached hydrogen (secondary N) is 3. The summed E-state index contributed by atoms with van der Waals surface area (Å²) in [5.41, 5.74) is 3.27. The Morgan fingerprint density at radius 1 is 0.914 bits per heavy atom. The topological polar surface area (TPSA) is 99.8 Å². The lowest BCUT2D eigenvalue weighted by atomic mass is 10.1. The van der Waals surface area contributed by atoms with Gasteiger partial charge in [-0.25, -0.2) is 4.79 Å². The van der Waals surface area contributed by atoms with Gasteiger partial charge in [0.25, 0.3) is 0 Å². The van der Waals surface area contributed by atoms with E-state index in [0.717, 1.165) is 23.4 Å². The second-order valence-electron chi connectivity index (χ2n) is 8.26. The molecule has 3 amide bonds. The van der Waals surface area contributed by atoms with E-state index in [4.69, 9.17) is 4.74 Å². The lowest BCUT2D eigenvalue weighted by Gasteiger charge is -2.28. The number of alkyl carbamates (subject to hydrolysis) is 1. The molecule has 4 rings (SSSR count). The summed E-state index contributed by atoms with van der Waals surface area (Å²) in [7, 11) is 0. The fraction of sp³-hybridized carbons (Fsp3) is 0.222. The summed E-state index contributed by atoms with van der Waals surface area (Å²) in [6, 6.07) is 25.3. The van der Waals surface area contributed by atoms with Crippen molar-refractivity contribution < 1.29 is 19.1 Å². The fourth-order valence-electron chi connectivity index (χ4n) is 3.81. The van der Waals surface area contributed by atoms with Crippen molar-refractivity contribution in [2.75, 3.05) is 29.9 Å². The van der Waals surface area contributed by atoms with Crippen LogP contribution < -0.4 is 20.9 Å². The van der Waals surface area contributed by atoms with Gasteiger partial charge >= 0.3 is 6.09 Å². The van der Waals surface area contributed by atoms with Gasteiger partial charge in [0.05, 0.1) is 6.54 Å². The molecule has 0 aliphatic carbocycles. The molecule has 1 aliphatic rings. The average Bonchev–Trinajstić information content (AvgIpc) is 2.89. The Labute approximate surface area is 204 Å². The molecular weight excluding hydrogens is 444 g/mol. The first-order valence-electron chi connectivity index (χ1n) is 11.5. The summed E-state index contributed by atoms with van der Waals surface area (Å²) in [5, 5.41) is 8.37. The van der Waals surface area contributed by atoms with Crippen LogP contribution >= 0.6 is 0 Å². The minimum atomic E-state index is -0.828. The van der Waals surface area contributed by atoms with Gasteiger partial charge in [-0.2, -0.15) is 0 Å². The van der Waals surface area contributed by atoms with E-state index in [1.54, 1.807) is 12.1 Å². The third kappa shape index (κ3) is 7.07. The fourth-order valence-corrected chi connectivity index (χ4v) is 3.81. The van der Waals surface area contributed by atoms with Gasteiger partial charge in [0.15, 0.2) is 0 Å². The summed E-state index contributed by atoms with van der Waals surface area (Å²) in [4.78, 5) is 39.2. The first kappa shape index (κ1) is 23.8. The SMILES string of the molecule is O=C1CN(c2ccc(NC(=O)C(Cc3ccccc3)NC(=O)OCc3ccccc3)cc2)CCN1. The molecule has 1 aliphatic heterocycles. The summed E-state index contributed by atoms with van der Waals surface area (Å²) in [5.74, 6) is -0.363. The van der Waals surface area contributed by atoms with Crippen LogP contribution in [0.5, 0.6) is 0 Å². The van der Waals surface area contributed by atoms with Crippen LogP contribution in [0.15, 0.2) is 84.9 Å². The molecule has 0 radical (unpaired) electrons. The molecule has 1 unspecified atom stereocenters. The minimum Gasteiger partial charge on any atom is -0.445 e. The smallest absolute Gasteiger partial charge is 0.408 e. The van der Waals surface area contributed by atoms with Gasteiger partial charge in [-0.3, -0.25) is 9.59 Å². The second-order valence-corrected chi connectivity index (χ2v) is 8.26. The molecule has 8 nitrogen and oxygen atoms in total. The van der Waals surface area contributed by atoms with E-state index in [9.17, 15) is 14.4 Å². The van der Waals surface area contributed by atoms with Crippen LogP contribution in [0.1, 0.15) is 11.1 Å². The van der Waals surface area contributed by atoms with Crippen molar-refractivity contribution in [1.82, 2.24) is 10.6 Å². The normalized spacial score (nSPS) is 13.9. The maximum absolute atomic E-state index is 13.1. The van der Waals surface area contributed by atoms with Crippen LogP contribution in [-0.2, 0) is 27.4 Å². The lowest BCUT2D eigenvalue weighted by molar-refractivity contribution is -0.120. The van der Waals surface area contributed by atoms with Crippen LogP contribution in [0.4, 0.5) is 16.2 Å². The molecule has 3 N–H and O–H groups in total. The predicted molar refractivity (Wildman–Crippen MR) is 134 cm³/mol. The first-order valence-corrected chi connectivity index (χ1v) is 11.5. The van der Waals surface area contributed by atoms with E-state index in [-0.39, 0.29) is 18.4 Å². The molecule has 1 heterocycles. The van der Waals surface area contributed by atoms with Crippen molar-refractivity contribution >= 4 is 29.3 Å². The van der Waals surface area contributed by atoms with Crippen LogP contribution in [-0.4, -0.2) is 43.6 Å². The van der Waals surface area contributed by atoms with E-state index in [1.165, 1.54) is 0 Å². The molecule has 0 spiro atoms. The third-order valence-corrected chi connectivity index (χ3v) is 5.64. The van der Waals surface area contributed by atoms with E-state index in [1.807, 2.05) is 77.7 Å². The Kier molecular flexibility index (Phi) is 7.96. The monoisotopic (exact) mass is 472 g/mol. The van der Waals surface area contributed by atoms with Gasteiger partial charge in [-0.05, 0) is 35.4 Å². The largest absolute Gasteiger partial charge is 0.445 e. The number of carbonyl (C=O) groups excluding carboxylic acids is 3. The number of piperazine rings is 1. The highest BCUT2D eigenvalue weighted by Crippen LogP contribution is 2.19. The Bertz CT molecular complexity index is 1140. The number of anilines is 2.